The van der Waals surface area contributed by atoms with Crippen LogP contribution in [0, 0.1) is 22.7 Å². The van der Waals surface area contributed by atoms with E-state index in [-0.39, 0.29) is 18.0 Å². The molecule has 0 unspecified atom stereocenters. The van der Waals surface area contributed by atoms with Gasteiger partial charge in [-0.15, -0.1) is 0 Å². The van der Waals surface area contributed by atoms with Crippen LogP contribution in [0.1, 0.15) is 50.5 Å². The monoisotopic (exact) mass is 350 g/mol. The van der Waals surface area contributed by atoms with Gasteiger partial charge in [0.25, 0.3) is 0 Å². The van der Waals surface area contributed by atoms with E-state index in [0.29, 0.717) is 12.8 Å². The fraction of sp³-hybridized carbons (Fsp3) is 0.571. The predicted molar refractivity (Wildman–Crippen MR) is 98.8 cm³/mol. The van der Waals surface area contributed by atoms with Gasteiger partial charge in [0.1, 0.15) is 12.1 Å². The van der Waals surface area contributed by atoms with E-state index in [2.05, 4.69) is 41.7 Å². The highest BCUT2D eigenvalue weighted by Crippen LogP contribution is 2.32. The zero-order valence-electron chi connectivity index (χ0n) is 15.2. The molecule has 0 bridgehead atoms. The zero-order valence-corrected chi connectivity index (χ0v) is 15.2. The van der Waals surface area contributed by atoms with Gasteiger partial charge in [0, 0.05) is 5.54 Å². The van der Waals surface area contributed by atoms with Crippen molar-refractivity contribution in [3.63, 3.8) is 0 Å². The first-order valence-corrected chi connectivity index (χ1v) is 9.57. The van der Waals surface area contributed by atoms with Crippen LogP contribution in [-0.4, -0.2) is 35.0 Å². The number of benzene rings is 1. The first kappa shape index (κ1) is 18.4. The molecule has 1 saturated carbocycles. The van der Waals surface area contributed by atoms with E-state index in [1.54, 1.807) is 0 Å². The molecule has 5 heteroatoms. The number of hydrogen-bond acceptors (Lipinski definition) is 4. The smallest absolute Gasteiger partial charge is 0.238 e. The number of hydrogen-bond donors (Lipinski definition) is 1. The minimum absolute atomic E-state index is 0.0702. The van der Waals surface area contributed by atoms with E-state index in [1.165, 1.54) is 29.7 Å². The maximum Gasteiger partial charge on any atom is 0.238 e. The standard InChI is InChI=1S/C21H26N4O/c22-14-18-9-10-19(15-23)25(18)20(26)16-24-21(11-5-2-6-12-21)13-17-7-3-1-4-8-17/h1,3-4,7-8,18-19,24H,2,5-6,9-13,16H2/t18-,19+. The van der Waals surface area contributed by atoms with Crippen molar-refractivity contribution in [1.82, 2.24) is 10.2 Å². The summed E-state index contributed by atoms with van der Waals surface area (Å²) in [5.74, 6) is -0.126. The van der Waals surface area contributed by atoms with Crippen LogP contribution in [0.3, 0.4) is 0 Å². The number of carbonyl (C=O) groups excluding carboxylic acids is 1. The molecule has 2 aliphatic rings. The second kappa shape index (κ2) is 8.34. The minimum Gasteiger partial charge on any atom is -0.310 e. The summed E-state index contributed by atoms with van der Waals surface area (Å²) in [7, 11) is 0. The van der Waals surface area contributed by atoms with Crippen LogP contribution in [0.5, 0.6) is 0 Å². The Morgan fingerprint density at radius 2 is 1.69 bits per heavy atom. The number of likely N-dealkylation sites (tertiary alicyclic amines) is 1. The Labute approximate surface area is 155 Å². The number of nitriles is 2. The molecule has 1 aliphatic carbocycles. The van der Waals surface area contributed by atoms with Gasteiger partial charge in [-0.2, -0.15) is 10.5 Å². The van der Waals surface area contributed by atoms with Crippen LogP contribution < -0.4 is 5.32 Å². The molecule has 136 valence electrons. The summed E-state index contributed by atoms with van der Waals surface area (Å²) in [5, 5.41) is 22.1. The number of nitrogens with zero attached hydrogens (tertiary/aromatic N) is 3. The van der Waals surface area contributed by atoms with Gasteiger partial charge < -0.3 is 10.2 Å². The molecule has 0 radical (unpaired) electrons. The van der Waals surface area contributed by atoms with Crippen LogP contribution in [0.4, 0.5) is 0 Å². The average molecular weight is 350 g/mol. The molecule has 1 aromatic rings. The largest absolute Gasteiger partial charge is 0.310 e. The molecule has 1 aromatic carbocycles. The fourth-order valence-corrected chi connectivity index (χ4v) is 4.40. The summed E-state index contributed by atoms with van der Waals surface area (Å²) < 4.78 is 0. The van der Waals surface area contributed by atoms with E-state index in [9.17, 15) is 15.3 Å². The van der Waals surface area contributed by atoms with Gasteiger partial charge in [-0.05, 0) is 37.7 Å². The third-order valence-electron chi connectivity index (χ3n) is 5.78. The maximum absolute atomic E-state index is 12.8. The van der Waals surface area contributed by atoms with Gasteiger partial charge in [0.05, 0.1) is 18.7 Å². The van der Waals surface area contributed by atoms with E-state index in [4.69, 9.17) is 0 Å². The van der Waals surface area contributed by atoms with Gasteiger partial charge in [0.2, 0.25) is 5.91 Å². The molecule has 26 heavy (non-hydrogen) atoms. The highest BCUT2D eigenvalue weighted by Gasteiger charge is 2.38. The Morgan fingerprint density at radius 3 is 2.27 bits per heavy atom. The molecule has 0 aromatic heterocycles. The summed E-state index contributed by atoms with van der Waals surface area (Å²) in [4.78, 5) is 14.3. The SMILES string of the molecule is N#C[C@@H]1CC[C@H](C#N)N1C(=O)CNC1(Cc2ccccc2)CCCCC1. The van der Waals surface area contributed by atoms with Crippen molar-refractivity contribution >= 4 is 5.91 Å². The summed E-state index contributed by atoms with van der Waals surface area (Å²) in [6.45, 7) is 0.198. The normalized spacial score (nSPS) is 24.6. The lowest BCUT2D eigenvalue weighted by atomic mass is 9.77. The molecule has 0 spiro atoms. The molecule has 1 N–H and O–H groups in total. The van der Waals surface area contributed by atoms with E-state index >= 15 is 0 Å². The van der Waals surface area contributed by atoms with Crippen molar-refractivity contribution in [3.05, 3.63) is 35.9 Å². The summed E-state index contributed by atoms with van der Waals surface area (Å²) >= 11 is 0. The molecule has 2 fully saturated rings. The molecule has 1 amide bonds. The lowest BCUT2D eigenvalue weighted by Crippen LogP contribution is -2.53. The topological polar surface area (TPSA) is 79.9 Å². The molecule has 2 atom stereocenters. The highest BCUT2D eigenvalue weighted by atomic mass is 16.2. The average Bonchev–Trinajstić information content (AvgIpc) is 3.11. The highest BCUT2D eigenvalue weighted by molar-refractivity contribution is 5.80. The van der Waals surface area contributed by atoms with Crippen molar-refractivity contribution in [2.24, 2.45) is 0 Å². The van der Waals surface area contributed by atoms with Crippen LogP contribution in [-0.2, 0) is 11.2 Å². The molecular formula is C21H26N4O. The molecule has 1 saturated heterocycles. The zero-order chi connectivity index (χ0) is 18.4. The Kier molecular flexibility index (Phi) is 5.91. The predicted octanol–water partition coefficient (Wildman–Crippen LogP) is 2.93. The van der Waals surface area contributed by atoms with Crippen LogP contribution in [0.25, 0.3) is 0 Å². The van der Waals surface area contributed by atoms with E-state index in [0.717, 1.165) is 19.3 Å². The molecular weight excluding hydrogens is 324 g/mol. The lowest BCUT2D eigenvalue weighted by Gasteiger charge is -2.39. The third-order valence-corrected chi connectivity index (χ3v) is 5.78. The van der Waals surface area contributed by atoms with Crippen molar-refractivity contribution < 1.29 is 4.79 Å². The summed E-state index contributed by atoms with van der Waals surface area (Å²) in [6, 6.07) is 13.8. The number of rotatable bonds is 5. The van der Waals surface area contributed by atoms with Crippen molar-refractivity contribution in [1.29, 1.82) is 10.5 Å². The van der Waals surface area contributed by atoms with Crippen LogP contribution in [0.2, 0.25) is 0 Å². The minimum atomic E-state index is -0.467. The van der Waals surface area contributed by atoms with Gasteiger partial charge in [-0.1, -0.05) is 49.6 Å². The van der Waals surface area contributed by atoms with E-state index < -0.39 is 12.1 Å². The Bertz CT molecular complexity index is 675. The first-order chi connectivity index (χ1) is 12.7. The van der Waals surface area contributed by atoms with Crippen molar-refractivity contribution in [3.8, 4) is 12.1 Å². The number of carbonyl (C=O) groups is 1. The van der Waals surface area contributed by atoms with Gasteiger partial charge in [0.15, 0.2) is 0 Å². The Hall–Kier alpha value is -2.37. The van der Waals surface area contributed by atoms with Crippen LogP contribution >= 0.6 is 0 Å². The summed E-state index contributed by atoms with van der Waals surface area (Å²) in [5.41, 5.74) is 1.21. The van der Waals surface area contributed by atoms with Gasteiger partial charge in [-0.25, -0.2) is 0 Å². The number of amides is 1. The van der Waals surface area contributed by atoms with E-state index in [1.807, 2.05) is 6.07 Å². The third kappa shape index (κ3) is 4.06. The quantitative estimate of drug-likeness (QED) is 0.885. The van der Waals surface area contributed by atoms with Gasteiger partial charge >= 0.3 is 0 Å². The van der Waals surface area contributed by atoms with Crippen LogP contribution in [0.15, 0.2) is 30.3 Å². The second-order valence-corrected chi connectivity index (χ2v) is 7.53. The van der Waals surface area contributed by atoms with Gasteiger partial charge in [-0.3, -0.25) is 4.79 Å². The molecule has 5 nitrogen and oxygen atoms in total. The lowest BCUT2D eigenvalue weighted by molar-refractivity contribution is -0.131. The molecule has 3 rings (SSSR count). The number of nitrogens with one attached hydrogen (secondary N) is 1. The van der Waals surface area contributed by atoms with Crippen molar-refractivity contribution in [2.45, 2.75) is 69.0 Å². The molecule has 1 heterocycles. The first-order valence-electron chi connectivity index (χ1n) is 9.57. The Morgan fingerprint density at radius 1 is 1.08 bits per heavy atom. The summed E-state index contributed by atoms with van der Waals surface area (Å²) in [6.07, 6.45) is 7.77. The molecule has 1 aliphatic heterocycles. The Balaban J connectivity index is 1.69. The maximum atomic E-state index is 12.8. The van der Waals surface area contributed by atoms with Crippen molar-refractivity contribution in [2.75, 3.05) is 6.54 Å². The fourth-order valence-electron chi connectivity index (χ4n) is 4.40. The second-order valence-electron chi connectivity index (χ2n) is 7.53.